The Labute approximate surface area is 122 Å². The number of thiophene rings is 1. The van der Waals surface area contributed by atoms with Crippen LogP contribution in [0.15, 0.2) is 34.2 Å². The summed E-state index contributed by atoms with van der Waals surface area (Å²) >= 11 is 5.33. The van der Waals surface area contributed by atoms with Gasteiger partial charge in [-0.3, -0.25) is 4.40 Å². The number of nitrogens with one attached hydrogen (secondary N) is 1. The van der Waals surface area contributed by atoms with E-state index >= 15 is 0 Å². The second-order valence-electron chi connectivity index (χ2n) is 4.57. The van der Waals surface area contributed by atoms with Crippen LogP contribution in [0.4, 0.5) is 0 Å². The van der Waals surface area contributed by atoms with E-state index in [1.165, 1.54) is 10.4 Å². The van der Waals surface area contributed by atoms with E-state index in [0.29, 0.717) is 0 Å². The molecule has 3 aromatic rings. The molecule has 0 radical (unpaired) electrons. The van der Waals surface area contributed by atoms with Gasteiger partial charge in [0.2, 0.25) is 0 Å². The minimum Gasteiger partial charge on any atom is -0.303 e. The van der Waals surface area contributed by atoms with Crippen molar-refractivity contribution in [2.24, 2.45) is 0 Å². The first kappa shape index (κ1) is 11.6. The second kappa shape index (κ2) is 4.40. The van der Waals surface area contributed by atoms with E-state index in [-0.39, 0.29) is 6.04 Å². The average molecular weight is 335 g/mol. The monoisotopic (exact) mass is 334 g/mol. The summed E-state index contributed by atoms with van der Waals surface area (Å²) in [6, 6.07) is 6.28. The van der Waals surface area contributed by atoms with Crippen LogP contribution in [0.3, 0.4) is 0 Å². The molecule has 0 aliphatic carbocycles. The molecule has 96 valence electrons. The van der Waals surface area contributed by atoms with Crippen LogP contribution in [0.25, 0.3) is 5.65 Å². The molecule has 4 nitrogen and oxygen atoms in total. The number of nitrogens with zero attached hydrogens (tertiary/aromatic N) is 3. The van der Waals surface area contributed by atoms with Crippen molar-refractivity contribution in [3.05, 3.63) is 50.5 Å². The molecule has 1 aliphatic heterocycles. The zero-order valence-electron chi connectivity index (χ0n) is 10.0. The third-order valence-corrected chi connectivity index (χ3v) is 4.91. The van der Waals surface area contributed by atoms with Gasteiger partial charge in [-0.15, -0.1) is 21.5 Å². The van der Waals surface area contributed by atoms with E-state index in [9.17, 15) is 0 Å². The molecule has 6 heteroatoms. The molecule has 0 aromatic carbocycles. The van der Waals surface area contributed by atoms with E-state index in [4.69, 9.17) is 0 Å². The number of hydrogen-bond acceptors (Lipinski definition) is 4. The van der Waals surface area contributed by atoms with Gasteiger partial charge in [-0.2, -0.15) is 0 Å². The summed E-state index contributed by atoms with van der Waals surface area (Å²) in [5.41, 5.74) is 2.22. The lowest BCUT2D eigenvalue weighted by atomic mass is 10.0. The molecule has 0 saturated heterocycles. The van der Waals surface area contributed by atoms with Gasteiger partial charge in [0.15, 0.2) is 11.5 Å². The van der Waals surface area contributed by atoms with E-state index < -0.39 is 0 Å². The fourth-order valence-corrected chi connectivity index (χ4v) is 3.82. The molecule has 19 heavy (non-hydrogen) atoms. The Hall–Kier alpha value is -1.24. The summed E-state index contributed by atoms with van der Waals surface area (Å²) < 4.78 is 3.08. The van der Waals surface area contributed by atoms with Gasteiger partial charge < -0.3 is 5.32 Å². The number of rotatable bonds is 1. The highest BCUT2D eigenvalue weighted by atomic mass is 79.9. The zero-order chi connectivity index (χ0) is 12.8. The van der Waals surface area contributed by atoms with Crippen molar-refractivity contribution in [3.8, 4) is 0 Å². The van der Waals surface area contributed by atoms with Crippen LogP contribution < -0.4 is 5.32 Å². The Morgan fingerprint density at radius 2 is 2.26 bits per heavy atom. The predicted octanol–water partition coefficient (Wildman–Crippen LogP) is 2.79. The first-order chi connectivity index (χ1) is 9.33. The quantitative estimate of drug-likeness (QED) is 0.744. The Morgan fingerprint density at radius 3 is 3.21 bits per heavy atom. The lowest BCUT2D eigenvalue weighted by molar-refractivity contribution is 0.545. The molecule has 1 unspecified atom stereocenters. The van der Waals surface area contributed by atoms with E-state index in [1.807, 2.05) is 29.7 Å². The van der Waals surface area contributed by atoms with Crippen LogP contribution in [0.2, 0.25) is 0 Å². The van der Waals surface area contributed by atoms with Crippen LogP contribution in [0.1, 0.15) is 22.3 Å². The molecule has 0 bridgehead atoms. The normalized spacial score (nSPS) is 18.7. The minimum absolute atomic E-state index is 0.138. The number of halogens is 1. The number of aromatic nitrogens is 3. The third kappa shape index (κ3) is 1.82. The van der Waals surface area contributed by atoms with Crippen LogP contribution >= 0.6 is 27.3 Å². The van der Waals surface area contributed by atoms with Gasteiger partial charge in [-0.05, 0) is 51.5 Å². The van der Waals surface area contributed by atoms with Gasteiger partial charge in [-0.25, -0.2) is 0 Å². The van der Waals surface area contributed by atoms with Gasteiger partial charge in [-0.1, -0.05) is 0 Å². The molecule has 3 aromatic heterocycles. The maximum atomic E-state index is 4.37. The highest BCUT2D eigenvalue weighted by Crippen LogP contribution is 2.31. The minimum atomic E-state index is 0.138. The van der Waals surface area contributed by atoms with Crippen LogP contribution in [0, 0.1) is 0 Å². The van der Waals surface area contributed by atoms with Gasteiger partial charge in [0.1, 0.15) is 0 Å². The zero-order valence-corrected chi connectivity index (χ0v) is 12.4. The summed E-state index contributed by atoms with van der Waals surface area (Å²) in [7, 11) is 0. The molecular formula is C13H11BrN4S. The smallest absolute Gasteiger partial charge is 0.160 e. The average Bonchev–Trinajstić information content (AvgIpc) is 3.03. The molecule has 1 aliphatic rings. The predicted molar refractivity (Wildman–Crippen MR) is 78.6 cm³/mol. The number of fused-ring (bicyclic) bond motifs is 2. The Morgan fingerprint density at radius 1 is 1.32 bits per heavy atom. The first-order valence-electron chi connectivity index (χ1n) is 6.13. The summed E-state index contributed by atoms with van der Waals surface area (Å²) in [6.07, 6.45) is 3.12. The van der Waals surface area contributed by atoms with Crippen LogP contribution in [-0.2, 0) is 6.42 Å². The van der Waals surface area contributed by atoms with Gasteiger partial charge >= 0.3 is 0 Å². The van der Waals surface area contributed by atoms with Crippen molar-refractivity contribution in [2.45, 2.75) is 12.5 Å². The van der Waals surface area contributed by atoms with Crippen molar-refractivity contribution in [1.82, 2.24) is 19.9 Å². The number of pyridine rings is 1. The highest BCUT2D eigenvalue weighted by molar-refractivity contribution is 9.10. The summed E-state index contributed by atoms with van der Waals surface area (Å²) in [6.45, 7) is 0.987. The fraction of sp³-hybridized carbons (Fsp3) is 0.231. The van der Waals surface area contributed by atoms with Crippen LogP contribution in [-0.4, -0.2) is 21.1 Å². The standard InChI is InChI=1S/C13H11BrN4S/c14-8-1-2-11-16-17-13(18(11)7-8)12-9-4-6-19-10(9)3-5-15-12/h1-2,4,6-7,12,15H,3,5H2. The molecule has 1 N–H and O–H groups in total. The summed E-state index contributed by atoms with van der Waals surface area (Å²) in [4.78, 5) is 1.45. The highest BCUT2D eigenvalue weighted by Gasteiger charge is 2.26. The van der Waals surface area contributed by atoms with Crippen molar-refractivity contribution in [3.63, 3.8) is 0 Å². The number of hydrogen-bond donors (Lipinski definition) is 1. The van der Waals surface area contributed by atoms with Crippen molar-refractivity contribution >= 4 is 32.9 Å². The Bertz CT molecular complexity index is 748. The first-order valence-corrected chi connectivity index (χ1v) is 7.80. The summed E-state index contributed by atoms with van der Waals surface area (Å²) in [5, 5.41) is 14.3. The molecule has 4 rings (SSSR count). The maximum absolute atomic E-state index is 4.37. The van der Waals surface area contributed by atoms with Crippen molar-refractivity contribution < 1.29 is 0 Å². The summed E-state index contributed by atoms with van der Waals surface area (Å²) in [5.74, 6) is 0.954. The second-order valence-corrected chi connectivity index (χ2v) is 6.49. The molecule has 4 heterocycles. The maximum Gasteiger partial charge on any atom is 0.160 e. The SMILES string of the molecule is Brc1ccc2nnc(C3NCCc4sccc43)n2c1. The van der Waals surface area contributed by atoms with Gasteiger partial charge in [0.25, 0.3) is 0 Å². The molecule has 0 fully saturated rings. The third-order valence-electron chi connectivity index (χ3n) is 3.44. The molecule has 1 atom stereocenters. The Kier molecular flexibility index (Phi) is 2.68. The van der Waals surface area contributed by atoms with Crippen molar-refractivity contribution in [1.29, 1.82) is 0 Å². The van der Waals surface area contributed by atoms with E-state index in [1.54, 1.807) is 0 Å². The van der Waals surface area contributed by atoms with Gasteiger partial charge in [0.05, 0.1) is 6.04 Å². The van der Waals surface area contributed by atoms with Crippen LogP contribution in [0.5, 0.6) is 0 Å². The molecule has 0 saturated carbocycles. The Balaban J connectivity index is 1.90. The molecule has 0 spiro atoms. The fourth-order valence-electron chi connectivity index (χ4n) is 2.56. The van der Waals surface area contributed by atoms with Gasteiger partial charge in [0, 0.05) is 22.1 Å². The largest absolute Gasteiger partial charge is 0.303 e. The molecule has 0 amide bonds. The van der Waals surface area contributed by atoms with Crippen molar-refractivity contribution in [2.75, 3.05) is 6.54 Å². The lowest BCUT2D eigenvalue weighted by Crippen LogP contribution is -2.30. The lowest BCUT2D eigenvalue weighted by Gasteiger charge is -2.22. The topological polar surface area (TPSA) is 42.2 Å². The molecular weight excluding hydrogens is 324 g/mol. The van der Waals surface area contributed by atoms with E-state index in [0.717, 1.165) is 28.9 Å². The van der Waals surface area contributed by atoms with E-state index in [2.05, 4.69) is 47.3 Å².